The molecule has 0 aliphatic rings. The molecule has 6 heteroatoms. The van der Waals surface area contributed by atoms with Crippen molar-refractivity contribution in [3.05, 3.63) is 77.2 Å². The molecule has 1 aromatic carbocycles. The molecular formula is C22H20N4O2. The highest BCUT2D eigenvalue weighted by molar-refractivity contribution is 6.07. The molecule has 0 atom stereocenters. The Kier molecular flexibility index (Phi) is 4.85. The number of hydrogen-bond acceptors (Lipinski definition) is 5. The third-order valence-corrected chi connectivity index (χ3v) is 4.60. The molecule has 28 heavy (non-hydrogen) atoms. The normalized spacial score (nSPS) is 10.9. The summed E-state index contributed by atoms with van der Waals surface area (Å²) in [5.41, 5.74) is 5.22. The molecule has 0 aliphatic heterocycles. The van der Waals surface area contributed by atoms with Crippen molar-refractivity contribution < 1.29 is 9.32 Å². The van der Waals surface area contributed by atoms with Crippen molar-refractivity contribution in [3.8, 4) is 11.3 Å². The van der Waals surface area contributed by atoms with Gasteiger partial charge in [0.25, 0.3) is 11.6 Å². The molecule has 6 nitrogen and oxygen atoms in total. The van der Waals surface area contributed by atoms with Crippen LogP contribution in [0.4, 0.5) is 0 Å². The molecule has 0 saturated carbocycles. The lowest BCUT2D eigenvalue weighted by molar-refractivity contribution is 0.0955. The maximum atomic E-state index is 12.9. The topological polar surface area (TPSA) is 80.9 Å². The highest BCUT2D eigenvalue weighted by Gasteiger charge is 2.19. The summed E-state index contributed by atoms with van der Waals surface area (Å²) >= 11 is 0. The molecule has 0 fully saturated rings. The predicted molar refractivity (Wildman–Crippen MR) is 107 cm³/mol. The van der Waals surface area contributed by atoms with Gasteiger partial charge in [0.15, 0.2) is 0 Å². The summed E-state index contributed by atoms with van der Waals surface area (Å²) in [5, 5.41) is 7.60. The fourth-order valence-corrected chi connectivity index (χ4v) is 3.09. The first-order valence-corrected chi connectivity index (χ1v) is 9.14. The second-order valence-corrected chi connectivity index (χ2v) is 6.70. The summed E-state index contributed by atoms with van der Waals surface area (Å²) in [4.78, 5) is 21.7. The quantitative estimate of drug-likeness (QED) is 0.575. The fraction of sp³-hybridized carbons (Fsp3) is 0.182. The summed E-state index contributed by atoms with van der Waals surface area (Å²) in [6.45, 7) is 4.33. The van der Waals surface area contributed by atoms with Gasteiger partial charge >= 0.3 is 0 Å². The van der Waals surface area contributed by atoms with Crippen LogP contribution in [0, 0.1) is 13.8 Å². The number of hydrogen-bond donors (Lipinski definition) is 1. The minimum absolute atomic E-state index is 0.178. The fourth-order valence-electron chi connectivity index (χ4n) is 3.09. The van der Waals surface area contributed by atoms with Crippen LogP contribution in [0.2, 0.25) is 0 Å². The van der Waals surface area contributed by atoms with Gasteiger partial charge in [0.1, 0.15) is 0 Å². The van der Waals surface area contributed by atoms with E-state index < -0.39 is 0 Å². The minimum atomic E-state index is -0.178. The minimum Gasteiger partial charge on any atom is -0.352 e. The van der Waals surface area contributed by atoms with Gasteiger partial charge in [-0.3, -0.25) is 9.78 Å². The number of benzene rings is 1. The number of pyridine rings is 2. The van der Waals surface area contributed by atoms with Crippen LogP contribution in [-0.4, -0.2) is 27.6 Å². The lowest BCUT2D eigenvalue weighted by atomic mass is 10.0. The second kappa shape index (κ2) is 7.60. The van der Waals surface area contributed by atoms with Crippen LogP contribution in [0.1, 0.15) is 27.3 Å². The molecule has 3 heterocycles. The highest BCUT2D eigenvalue weighted by Crippen LogP contribution is 2.27. The van der Waals surface area contributed by atoms with Gasteiger partial charge in [0, 0.05) is 30.4 Å². The third-order valence-electron chi connectivity index (χ3n) is 4.60. The third kappa shape index (κ3) is 3.62. The molecular weight excluding hydrogens is 352 g/mol. The van der Waals surface area contributed by atoms with Crippen molar-refractivity contribution in [2.24, 2.45) is 0 Å². The molecule has 0 spiro atoms. The van der Waals surface area contributed by atoms with Gasteiger partial charge in [-0.1, -0.05) is 41.1 Å². The molecule has 3 aromatic heterocycles. The predicted octanol–water partition coefficient (Wildman–Crippen LogP) is 3.87. The van der Waals surface area contributed by atoms with Crippen molar-refractivity contribution >= 4 is 17.0 Å². The number of aromatic nitrogens is 3. The van der Waals surface area contributed by atoms with E-state index in [1.807, 2.05) is 56.3 Å². The summed E-state index contributed by atoms with van der Waals surface area (Å²) in [6.07, 6.45) is 2.41. The maximum Gasteiger partial charge on any atom is 0.259 e. The Morgan fingerprint density at radius 1 is 1.11 bits per heavy atom. The number of rotatable bonds is 5. The zero-order chi connectivity index (χ0) is 19.5. The van der Waals surface area contributed by atoms with E-state index in [0.717, 1.165) is 16.8 Å². The second-order valence-electron chi connectivity index (χ2n) is 6.70. The Morgan fingerprint density at radius 3 is 2.68 bits per heavy atom. The number of nitrogens with one attached hydrogen (secondary N) is 1. The van der Waals surface area contributed by atoms with Gasteiger partial charge in [0.2, 0.25) is 0 Å². The molecule has 1 N–H and O–H groups in total. The molecule has 4 aromatic rings. The van der Waals surface area contributed by atoms with Crippen molar-refractivity contribution in [1.82, 2.24) is 20.4 Å². The van der Waals surface area contributed by atoms with Gasteiger partial charge in [-0.25, -0.2) is 4.98 Å². The Balaban J connectivity index is 1.63. The largest absolute Gasteiger partial charge is 0.352 e. The van der Waals surface area contributed by atoms with E-state index >= 15 is 0 Å². The van der Waals surface area contributed by atoms with Gasteiger partial charge in [-0.2, -0.15) is 0 Å². The van der Waals surface area contributed by atoms with Gasteiger partial charge < -0.3 is 9.84 Å². The number of carbonyl (C=O) groups is 1. The first kappa shape index (κ1) is 17.9. The van der Waals surface area contributed by atoms with Crippen molar-refractivity contribution in [1.29, 1.82) is 0 Å². The van der Waals surface area contributed by atoms with E-state index in [2.05, 4.69) is 20.4 Å². The molecule has 0 saturated heterocycles. The van der Waals surface area contributed by atoms with E-state index in [1.165, 1.54) is 0 Å². The van der Waals surface area contributed by atoms with Crippen LogP contribution in [0.5, 0.6) is 0 Å². The molecule has 4 rings (SSSR count). The van der Waals surface area contributed by atoms with Crippen molar-refractivity contribution in [3.63, 3.8) is 0 Å². The zero-order valence-electron chi connectivity index (χ0n) is 15.8. The summed E-state index contributed by atoms with van der Waals surface area (Å²) in [5.74, 6) is -0.178. The van der Waals surface area contributed by atoms with Crippen molar-refractivity contribution in [2.45, 2.75) is 20.3 Å². The Morgan fingerprint density at radius 2 is 1.93 bits per heavy atom. The monoisotopic (exact) mass is 372 g/mol. The van der Waals surface area contributed by atoms with Crippen molar-refractivity contribution in [2.75, 3.05) is 6.54 Å². The molecule has 0 bridgehead atoms. The zero-order valence-corrected chi connectivity index (χ0v) is 15.8. The molecule has 0 unspecified atom stereocenters. The van der Waals surface area contributed by atoms with E-state index in [0.29, 0.717) is 41.0 Å². The lowest BCUT2D eigenvalue weighted by Gasteiger charge is -2.08. The average molecular weight is 372 g/mol. The van der Waals surface area contributed by atoms with Crippen LogP contribution in [0.3, 0.4) is 0 Å². The average Bonchev–Trinajstić information content (AvgIpc) is 3.09. The van der Waals surface area contributed by atoms with E-state index in [1.54, 1.807) is 12.3 Å². The number of nitrogens with zero attached hydrogens (tertiary/aromatic N) is 3. The van der Waals surface area contributed by atoms with E-state index in [-0.39, 0.29) is 5.91 Å². The summed E-state index contributed by atoms with van der Waals surface area (Å²) in [6, 6.07) is 15.5. The Labute approximate surface area is 162 Å². The highest BCUT2D eigenvalue weighted by atomic mass is 16.5. The van der Waals surface area contributed by atoms with Gasteiger partial charge in [-0.15, -0.1) is 0 Å². The molecule has 1 amide bonds. The smallest absolute Gasteiger partial charge is 0.259 e. The lowest BCUT2D eigenvalue weighted by Crippen LogP contribution is -2.26. The van der Waals surface area contributed by atoms with Crippen LogP contribution < -0.4 is 5.32 Å². The maximum absolute atomic E-state index is 12.9. The first-order valence-electron chi connectivity index (χ1n) is 9.14. The van der Waals surface area contributed by atoms with E-state index in [9.17, 15) is 4.79 Å². The summed E-state index contributed by atoms with van der Waals surface area (Å²) < 4.78 is 5.35. The van der Waals surface area contributed by atoms with Gasteiger partial charge in [0.05, 0.1) is 22.3 Å². The number of amides is 1. The summed E-state index contributed by atoms with van der Waals surface area (Å²) in [7, 11) is 0. The van der Waals surface area contributed by atoms with Crippen LogP contribution >= 0.6 is 0 Å². The number of aryl methyl sites for hydroxylation is 2. The van der Waals surface area contributed by atoms with E-state index in [4.69, 9.17) is 4.52 Å². The number of fused-ring (bicyclic) bond motifs is 1. The van der Waals surface area contributed by atoms with Crippen LogP contribution in [-0.2, 0) is 6.42 Å². The van der Waals surface area contributed by atoms with Crippen LogP contribution in [0.25, 0.3) is 22.4 Å². The van der Waals surface area contributed by atoms with Crippen LogP contribution in [0.15, 0.2) is 59.3 Å². The van der Waals surface area contributed by atoms with Gasteiger partial charge in [-0.05, 0) is 32.0 Å². The Hall–Kier alpha value is -3.54. The first-order chi connectivity index (χ1) is 13.6. The molecule has 0 radical (unpaired) electrons. The molecule has 0 aliphatic carbocycles. The SMILES string of the molecule is Cc1ccc(-c2cc(C(=O)NCCc3ccccn3)c3c(C)noc3n2)cc1. The standard InChI is InChI=1S/C22H20N4O2/c1-14-6-8-16(9-7-14)19-13-18(20-15(2)26-28-22(20)25-19)21(27)24-12-10-17-5-3-4-11-23-17/h3-9,11,13H,10,12H2,1-2H3,(H,24,27). The molecule has 140 valence electrons. The Bertz CT molecular complexity index is 1120. The number of carbonyl (C=O) groups excluding carboxylic acids is 1.